The summed E-state index contributed by atoms with van der Waals surface area (Å²) in [6, 6.07) is 1.35. The Morgan fingerprint density at radius 1 is 1.40 bits per heavy atom. The van der Waals surface area contributed by atoms with Crippen molar-refractivity contribution in [3.05, 3.63) is 0 Å². The van der Waals surface area contributed by atoms with Gasteiger partial charge in [0.25, 0.3) is 0 Å². The molecular weight excluding hydrogens is 184 g/mol. The predicted octanol–water partition coefficient (Wildman–Crippen LogP) is 2.49. The third kappa shape index (κ3) is 4.52. The Morgan fingerprint density at radius 2 is 2.13 bits per heavy atom. The molecule has 0 spiro atoms. The van der Waals surface area contributed by atoms with Gasteiger partial charge in [-0.2, -0.15) is 0 Å². The summed E-state index contributed by atoms with van der Waals surface area (Å²) in [6.07, 6.45) is 5.35. The molecule has 3 atom stereocenters. The minimum absolute atomic E-state index is 0.675. The molecule has 1 rings (SSSR count). The van der Waals surface area contributed by atoms with Crippen LogP contribution in [0, 0.1) is 5.92 Å². The van der Waals surface area contributed by atoms with E-state index in [0.29, 0.717) is 12.1 Å². The molecule has 0 aromatic rings. The van der Waals surface area contributed by atoms with Crippen molar-refractivity contribution in [1.29, 1.82) is 0 Å². The van der Waals surface area contributed by atoms with Gasteiger partial charge >= 0.3 is 0 Å². The van der Waals surface area contributed by atoms with Crippen molar-refractivity contribution in [1.82, 2.24) is 10.2 Å². The zero-order chi connectivity index (χ0) is 11.3. The lowest BCUT2D eigenvalue weighted by Gasteiger charge is -2.35. The van der Waals surface area contributed by atoms with Crippen molar-refractivity contribution in [3.63, 3.8) is 0 Å². The molecule has 2 nitrogen and oxygen atoms in total. The second-order valence-corrected chi connectivity index (χ2v) is 5.31. The van der Waals surface area contributed by atoms with Crippen LogP contribution in [0.15, 0.2) is 0 Å². The van der Waals surface area contributed by atoms with Gasteiger partial charge in [-0.25, -0.2) is 0 Å². The van der Waals surface area contributed by atoms with Gasteiger partial charge in [0.05, 0.1) is 0 Å². The molecule has 0 amide bonds. The molecule has 0 bridgehead atoms. The number of nitrogens with one attached hydrogen (secondary N) is 1. The summed E-state index contributed by atoms with van der Waals surface area (Å²) in [5.74, 6) is 0.850. The molecule has 0 aromatic heterocycles. The van der Waals surface area contributed by atoms with Crippen molar-refractivity contribution >= 4 is 0 Å². The fourth-order valence-electron chi connectivity index (χ4n) is 2.72. The molecule has 1 N–H and O–H groups in total. The zero-order valence-corrected chi connectivity index (χ0v) is 10.9. The Hall–Kier alpha value is -0.0800. The summed E-state index contributed by atoms with van der Waals surface area (Å²) < 4.78 is 0. The minimum atomic E-state index is 0.675. The lowest BCUT2D eigenvalue weighted by Crippen LogP contribution is -2.45. The highest BCUT2D eigenvalue weighted by Gasteiger charge is 2.23. The van der Waals surface area contributed by atoms with Crippen LogP contribution in [0.4, 0.5) is 0 Å². The standard InChI is InChI=1S/C13H28N2/c1-5-7-11(2)14-12(3)13-8-6-9-15(4)10-13/h11-14H,5-10H2,1-4H3. The van der Waals surface area contributed by atoms with Crippen molar-refractivity contribution in [2.75, 3.05) is 20.1 Å². The first-order chi connectivity index (χ1) is 7.13. The molecule has 1 saturated heterocycles. The van der Waals surface area contributed by atoms with E-state index >= 15 is 0 Å². The fraction of sp³-hybridized carbons (Fsp3) is 1.00. The summed E-state index contributed by atoms with van der Waals surface area (Å²) in [5.41, 5.74) is 0. The number of likely N-dealkylation sites (tertiary alicyclic amines) is 1. The molecule has 15 heavy (non-hydrogen) atoms. The first-order valence-electron chi connectivity index (χ1n) is 6.58. The fourth-order valence-corrected chi connectivity index (χ4v) is 2.72. The molecule has 1 aliphatic heterocycles. The van der Waals surface area contributed by atoms with Crippen LogP contribution in [0.1, 0.15) is 46.5 Å². The predicted molar refractivity (Wildman–Crippen MR) is 67.2 cm³/mol. The van der Waals surface area contributed by atoms with Gasteiger partial charge in [-0.1, -0.05) is 13.3 Å². The Kier molecular flexibility index (Phi) is 5.62. The molecule has 1 fully saturated rings. The SMILES string of the molecule is CCCC(C)NC(C)C1CCCN(C)C1. The van der Waals surface area contributed by atoms with Gasteiger partial charge in [-0.05, 0) is 52.6 Å². The monoisotopic (exact) mass is 212 g/mol. The van der Waals surface area contributed by atoms with Crippen molar-refractivity contribution in [3.8, 4) is 0 Å². The second-order valence-electron chi connectivity index (χ2n) is 5.31. The molecule has 0 radical (unpaired) electrons. The summed E-state index contributed by atoms with van der Waals surface area (Å²) >= 11 is 0. The van der Waals surface area contributed by atoms with Gasteiger partial charge in [0.2, 0.25) is 0 Å². The van der Waals surface area contributed by atoms with Crippen LogP contribution in [0.25, 0.3) is 0 Å². The zero-order valence-electron chi connectivity index (χ0n) is 10.9. The Labute approximate surface area is 95.4 Å². The van der Waals surface area contributed by atoms with Crippen molar-refractivity contribution in [2.24, 2.45) is 5.92 Å². The van der Waals surface area contributed by atoms with E-state index in [9.17, 15) is 0 Å². The molecule has 0 saturated carbocycles. The van der Waals surface area contributed by atoms with Gasteiger partial charge in [0.1, 0.15) is 0 Å². The molecule has 2 heteroatoms. The van der Waals surface area contributed by atoms with E-state index in [-0.39, 0.29) is 0 Å². The molecule has 0 aromatic carbocycles. The Bertz CT molecular complexity index is 170. The lowest BCUT2D eigenvalue weighted by molar-refractivity contribution is 0.173. The molecular formula is C13H28N2. The van der Waals surface area contributed by atoms with Gasteiger partial charge in [-0.15, -0.1) is 0 Å². The highest BCUT2D eigenvalue weighted by atomic mass is 15.1. The smallest absolute Gasteiger partial charge is 0.00816 e. The minimum Gasteiger partial charge on any atom is -0.311 e. The first-order valence-corrected chi connectivity index (χ1v) is 6.58. The molecule has 1 heterocycles. The molecule has 0 aliphatic carbocycles. The third-order valence-corrected chi connectivity index (χ3v) is 3.64. The lowest BCUT2D eigenvalue weighted by atomic mass is 9.91. The van der Waals surface area contributed by atoms with Crippen molar-refractivity contribution < 1.29 is 0 Å². The highest BCUT2D eigenvalue weighted by molar-refractivity contribution is 4.80. The van der Waals surface area contributed by atoms with E-state index in [2.05, 4.69) is 38.0 Å². The van der Waals surface area contributed by atoms with Gasteiger partial charge in [0.15, 0.2) is 0 Å². The van der Waals surface area contributed by atoms with Gasteiger partial charge < -0.3 is 10.2 Å². The van der Waals surface area contributed by atoms with Crippen LogP contribution in [0.5, 0.6) is 0 Å². The maximum Gasteiger partial charge on any atom is 0.00816 e. The highest BCUT2D eigenvalue weighted by Crippen LogP contribution is 2.19. The molecule has 3 unspecified atom stereocenters. The van der Waals surface area contributed by atoms with E-state index < -0.39 is 0 Å². The van der Waals surface area contributed by atoms with Crippen LogP contribution < -0.4 is 5.32 Å². The van der Waals surface area contributed by atoms with Gasteiger partial charge in [0, 0.05) is 18.6 Å². The number of rotatable bonds is 5. The average molecular weight is 212 g/mol. The maximum atomic E-state index is 3.74. The average Bonchev–Trinajstić information content (AvgIpc) is 2.18. The Balaban J connectivity index is 2.28. The molecule has 90 valence electrons. The Morgan fingerprint density at radius 3 is 2.73 bits per heavy atom. The van der Waals surface area contributed by atoms with E-state index in [1.54, 1.807) is 0 Å². The van der Waals surface area contributed by atoms with Crippen LogP contribution in [-0.4, -0.2) is 37.1 Å². The number of nitrogens with zero attached hydrogens (tertiary/aromatic N) is 1. The van der Waals surface area contributed by atoms with E-state index in [1.807, 2.05) is 0 Å². The third-order valence-electron chi connectivity index (χ3n) is 3.64. The van der Waals surface area contributed by atoms with Crippen LogP contribution >= 0.6 is 0 Å². The van der Waals surface area contributed by atoms with E-state index in [0.717, 1.165) is 5.92 Å². The van der Waals surface area contributed by atoms with Crippen LogP contribution in [0.2, 0.25) is 0 Å². The summed E-state index contributed by atoms with van der Waals surface area (Å²) in [5, 5.41) is 3.74. The quantitative estimate of drug-likeness (QED) is 0.753. The number of hydrogen-bond acceptors (Lipinski definition) is 2. The normalized spacial score (nSPS) is 27.6. The van der Waals surface area contributed by atoms with Crippen LogP contribution in [0.3, 0.4) is 0 Å². The summed E-state index contributed by atoms with van der Waals surface area (Å²) in [6.45, 7) is 9.49. The maximum absolute atomic E-state index is 3.74. The number of piperidine rings is 1. The van der Waals surface area contributed by atoms with E-state index in [1.165, 1.54) is 38.8 Å². The summed E-state index contributed by atoms with van der Waals surface area (Å²) in [4.78, 5) is 2.47. The molecule has 1 aliphatic rings. The first kappa shape index (κ1) is 13.0. The number of hydrogen-bond donors (Lipinski definition) is 1. The largest absolute Gasteiger partial charge is 0.311 e. The summed E-state index contributed by atoms with van der Waals surface area (Å²) in [7, 11) is 2.24. The second kappa shape index (κ2) is 6.49. The van der Waals surface area contributed by atoms with Crippen molar-refractivity contribution in [2.45, 2.75) is 58.5 Å². The van der Waals surface area contributed by atoms with Gasteiger partial charge in [-0.3, -0.25) is 0 Å². The van der Waals surface area contributed by atoms with E-state index in [4.69, 9.17) is 0 Å². The topological polar surface area (TPSA) is 15.3 Å². The van der Waals surface area contributed by atoms with Crippen LogP contribution in [-0.2, 0) is 0 Å².